The Kier molecular flexibility index (Phi) is 4.28. The van der Waals surface area contributed by atoms with Crippen molar-refractivity contribution in [2.75, 3.05) is 11.9 Å². The van der Waals surface area contributed by atoms with Gasteiger partial charge in [0.25, 0.3) is 5.91 Å². The number of hydrogen-bond donors (Lipinski definition) is 4. The molecule has 0 atom stereocenters. The van der Waals surface area contributed by atoms with Gasteiger partial charge in [0, 0.05) is 23.3 Å². The summed E-state index contributed by atoms with van der Waals surface area (Å²) in [5.74, 6) is -0.248. The zero-order valence-electron chi connectivity index (χ0n) is 10.5. The van der Waals surface area contributed by atoms with E-state index in [4.69, 9.17) is 11.5 Å². The summed E-state index contributed by atoms with van der Waals surface area (Å²) in [5, 5.41) is 5.12. The molecule has 0 aliphatic heterocycles. The molecule has 18 heavy (non-hydrogen) atoms. The fraction of sp³-hybridized carbons (Fsp3) is 0.333. The highest BCUT2D eigenvalue weighted by Gasteiger charge is 2.13. The normalized spacial score (nSPS) is 10.8. The highest BCUT2D eigenvalue weighted by Crippen LogP contribution is 2.10. The highest BCUT2D eigenvalue weighted by molar-refractivity contribution is 5.96. The van der Waals surface area contributed by atoms with Gasteiger partial charge in [-0.15, -0.1) is 0 Å². The molecule has 0 fully saturated rings. The summed E-state index contributed by atoms with van der Waals surface area (Å²) in [5.41, 5.74) is 11.2. The van der Waals surface area contributed by atoms with Crippen molar-refractivity contribution in [2.45, 2.75) is 19.4 Å². The van der Waals surface area contributed by atoms with E-state index in [-0.39, 0.29) is 5.91 Å². The quantitative estimate of drug-likeness (QED) is 0.629. The molecular formula is C12H18N4O2. The number of amides is 3. The van der Waals surface area contributed by atoms with Crippen LogP contribution in [-0.4, -0.2) is 24.0 Å². The minimum absolute atomic E-state index is 0.248. The minimum Gasteiger partial charge on any atom is -0.351 e. The van der Waals surface area contributed by atoms with Crippen molar-refractivity contribution < 1.29 is 9.59 Å². The van der Waals surface area contributed by atoms with E-state index in [0.717, 1.165) is 0 Å². The molecule has 0 aliphatic rings. The van der Waals surface area contributed by atoms with Crippen LogP contribution in [0.4, 0.5) is 10.5 Å². The second-order valence-corrected chi connectivity index (χ2v) is 4.74. The van der Waals surface area contributed by atoms with Crippen molar-refractivity contribution >= 4 is 17.6 Å². The number of benzene rings is 1. The summed E-state index contributed by atoms with van der Waals surface area (Å²) in [7, 11) is 0. The summed E-state index contributed by atoms with van der Waals surface area (Å²) in [6.07, 6.45) is 0. The number of rotatable bonds is 4. The smallest absolute Gasteiger partial charge is 0.316 e. The molecule has 1 aromatic rings. The van der Waals surface area contributed by atoms with Crippen molar-refractivity contribution in [1.29, 1.82) is 0 Å². The van der Waals surface area contributed by atoms with E-state index in [2.05, 4.69) is 10.6 Å². The number of carbonyl (C=O) groups is 2. The van der Waals surface area contributed by atoms with E-state index < -0.39 is 11.6 Å². The third kappa shape index (κ3) is 4.84. The van der Waals surface area contributed by atoms with E-state index in [1.165, 1.54) is 0 Å². The van der Waals surface area contributed by atoms with Gasteiger partial charge < -0.3 is 22.1 Å². The molecule has 6 heteroatoms. The number of urea groups is 1. The molecule has 1 aromatic carbocycles. The fourth-order valence-corrected chi connectivity index (χ4v) is 1.29. The van der Waals surface area contributed by atoms with Gasteiger partial charge in [-0.05, 0) is 32.0 Å². The van der Waals surface area contributed by atoms with E-state index in [9.17, 15) is 9.59 Å². The third-order valence-electron chi connectivity index (χ3n) is 2.10. The van der Waals surface area contributed by atoms with Crippen molar-refractivity contribution in [2.24, 2.45) is 11.5 Å². The first kappa shape index (κ1) is 14.0. The van der Waals surface area contributed by atoms with Crippen LogP contribution in [0.5, 0.6) is 0 Å². The van der Waals surface area contributed by atoms with Gasteiger partial charge in [-0.1, -0.05) is 6.07 Å². The van der Waals surface area contributed by atoms with Crippen LogP contribution in [0.2, 0.25) is 0 Å². The van der Waals surface area contributed by atoms with Crippen molar-refractivity contribution in [3.05, 3.63) is 29.8 Å². The molecule has 98 valence electrons. The van der Waals surface area contributed by atoms with Gasteiger partial charge >= 0.3 is 6.03 Å². The number of carbonyl (C=O) groups excluding carboxylic acids is 2. The van der Waals surface area contributed by atoms with Crippen molar-refractivity contribution in [3.63, 3.8) is 0 Å². The second-order valence-electron chi connectivity index (χ2n) is 4.74. The minimum atomic E-state index is -0.671. The van der Waals surface area contributed by atoms with E-state index in [1.807, 2.05) is 13.8 Å². The molecule has 0 saturated heterocycles. The Hall–Kier alpha value is -2.08. The van der Waals surface area contributed by atoms with Crippen LogP contribution >= 0.6 is 0 Å². The average molecular weight is 250 g/mol. The van der Waals surface area contributed by atoms with Crippen LogP contribution in [0, 0.1) is 0 Å². The molecule has 6 N–H and O–H groups in total. The number of primary amides is 1. The van der Waals surface area contributed by atoms with Crippen LogP contribution < -0.4 is 22.1 Å². The first-order valence-electron chi connectivity index (χ1n) is 5.51. The van der Waals surface area contributed by atoms with Gasteiger partial charge in [0.15, 0.2) is 0 Å². The first-order valence-corrected chi connectivity index (χ1v) is 5.51. The summed E-state index contributed by atoms with van der Waals surface area (Å²) < 4.78 is 0. The van der Waals surface area contributed by atoms with Crippen LogP contribution in [0.25, 0.3) is 0 Å². The molecule has 0 saturated carbocycles. The summed E-state index contributed by atoms with van der Waals surface area (Å²) in [6.45, 7) is 4.00. The van der Waals surface area contributed by atoms with Crippen LogP contribution in [-0.2, 0) is 0 Å². The lowest BCUT2D eigenvalue weighted by molar-refractivity contribution is 0.0946. The molecule has 0 heterocycles. The summed E-state index contributed by atoms with van der Waals surface area (Å²) in [6, 6.07) is 5.83. The number of hydrogen-bond acceptors (Lipinski definition) is 3. The standard InChI is InChI=1S/C12H18N4O2/c1-12(2,14)7-15-10(17)8-4-3-5-9(6-8)16-11(13)18/h3-6H,7,14H2,1-2H3,(H,15,17)(H3,13,16,18). The highest BCUT2D eigenvalue weighted by atomic mass is 16.2. The van der Waals surface area contributed by atoms with E-state index >= 15 is 0 Å². The first-order chi connectivity index (χ1) is 8.28. The molecule has 0 radical (unpaired) electrons. The molecule has 1 rings (SSSR count). The molecule has 0 aliphatic carbocycles. The maximum absolute atomic E-state index is 11.8. The maximum atomic E-state index is 11.8. The fourth-order valence-electron chi connectivity index (χ4n) is 1.29. The van der Waals surface area contributed by atoms with Crippen LogP contribution in [0.1, 0.15) is 24.2 Å². The van der Waals surface area contributed by atoms with Crippen LogP contribution in [0.15, 0.2) is 24.3 Å². The lowest BCUT2D eigenvalue weighted by Gasteiger charge is -2.19. The Morgan fingerprint density at radius 1 is 1.33 bits per heavy atom. The largest absolute Gasteiger partial charge is 0.351 e. The van der Waals surface area contributed by atoms with Gasteiger partial charge in [0.05, 0.1) is 0 Å². The molecule has 3 amide bonds. The molecule has 0 aromatic heterocycles. The van der Waals surface area contributed by atoms with Crippen molar-refractivity contribution in [1.82, 2.24) is 5.32 Å². The van der Waals surface area contributed by atoms with Gasteiger partial charge in [-0.25, -0.2) is 4.79 Å². The summed E-state index contributed by atoms with van der Waals surface area (Å²) in [4.78, 5) is 22.5. The number of anilines is 1. The van der Waals surface area contributed by atoms with Gasteiger partial charge in [0.2, 0.25) is 0 Å². The Morgan fingerprint density at radius 3 is 2.56 bits per heavy atom. The summed E-state index contributed by atoms with van der Waals surface area (Å²) >= 11 is 0. The van der Waals surface area contributed by atoms with E-state index in [0.29, 0.717) is 17.8 Å². The number of nitrogens with one attached hydrogen (secondary N) is 2. The molecular weight excluding hydrogens is 232 g/mol. The Morgan fingerprint density at radius 2 is 2.00 bits per heavy atom. The molecule has 0 unspecified atom stereocenters. The van der Waals surface area contributed by atoms with Gasteiger partial charge in [-0.3, -0.25) is 4.79 Å². The zero-order valence-corrected chi connectivity index (χ0v) is 10.5. The zero-order chi connectivity index (χ0) is 13.8. The van der Waals surface area contributed by atoms with Gasteiger partial charge in [-0.2, -0.15) is 0 Å². The topological polar surface area (TPSA) is 110 Å². The lowest BCUT2D eigenvalue weighted by atomic mass is 10.1. The SMILES string of the molecule is CC(C)(N)CNC(=O)c1cccc(NC(N)=O)c1. The molecule has 0 bridgehead atoms. The second kappa shape index (κ2) is 5.50. The Bertz CT molecular complexity index is 452. The van der Waals surface area contributed by atoms with Crippen molar-refractivity contribution in [3.8, 4) is 0 Å². The van der Waals surface area contributed by atoms with E-state index in [1.54, 1.807) is 24.3 Å². The predicted molar refractivity (Wildman–Crippen MR) is 70.2 cm³/mol. The third-order valence-corrected chi connectivity index (χ3v) is 2.10. The Labute approximate surface area is 106 Å². The molecule has 0 spiro atoms. The van der Waals surface area contributed by atoms with Crippen LogP contribution in [0.3, 0.4) is 0 Å². The monoisotopic (exact) mass is 250 g/mol. The lowest BCUT2D eigenvalue weighted by Crippen LogP contribution is -2.45. The maximum Gasteiger partial charge on any atom is 0.316 e. The molecule has 6 nitrogen and oxygen atoms in total. The number of nitrogens with two attached hydrogens (primary N) is 2. The predicted octanol–water partition coefficient (Wildman–Crippen LogP) is 0.644. The average Bonchev–Trinajstić information content (AvgIpc) is 2.24. The van der Waals surface area contributed by atoms with Gasteiger partial charge in [0.1, 0.15) is 0 Å². The Balaban J connectivity index is 2.71.